The van der Waals surface area contributed by atoms with Gasteiger partial charge in [0.25, 0.3) is 0 Å². The predicted molar refractivity (Wildman–Crippen MR) is 306 cm³/mol. The molecule has 5 unspecified atom stereocenters. The Labute approximate surface area is 427 Å². The number of allylic oxidation sites excluding steroid dienone is 17. The molecule has 3 nitrogen and oxygen atoms in total. The standard InChI is InChI=1S/C68H76N2O/c1-9-56-15-11-13-48(4)67(56)69(62-36-23-52(24-37-62)19-21-54-18-17-47(3)50(6)45-54)64-40-32-60(33-41-64)58-28-30-59(31-29-58)61-34-42-65(43-35-61)70(68-49(5)14-12-16-57(68)10-2)63-38-25-53(26-39-63)20-22-55-27-44-66(71-8)51(7)46-55/h11-13,15-26,28-30,32-34,36,38-42,45-46,49,57,59,62,68H,9-10,14,27,31,35,37,43-44H2,1-8H3/b21-19+,22-20+. The van der Waals surface area contributed by atoms with Gasteiger partial charge in [-0.3, -0.25) is 0 Å². The molecule has 0 aromatic heterocycles. The van der Waals surface area contributed by atoms with Crippen LogP contribution in [0.5, 0.6) is 0 Å². The van der Waals surface area contributed by atoms with Crippen molar-refractivity contribution in [3.8, 4) is 0 Å². The summed E-state index contributed by atoms with van der Waals surface area (Å²) in [6.45, 7) is 15.9. The van der Waals surface area contributed by atoms with Crippen molar-refractivity contribution in [2.75, 3.05) is 16.9 Å². The molecule has 5 atom stereocenters. The number of hydrogen-bond donors (Lipinski definition) is 0. The normalized spacial score (nSPS) is 22.3. The summed E-state index contributed by atoms with van der Waals surface area (Å²) >= 11 is 0. The molecule has 71 heavy (non-hydrogen) atoms. The molecule has 0 aliphatic heterocycles. The van der Waals surface area contributed by atoms with Crippen LogP contribution in [0, 0.1) is 38.5 Å². The van der Waals surface area contributed by atoms with E-state index < -0.39 is 0 Å². The second-order valence-corrected chi connectivity index (χ2v) is 20.7. The van der Waals surface area contributed by atoms with Crippen LogP contribution < -0.4 is 9.80 Å². The molecule has 0 heterocycles. The average Bonchev–Trinajstić information content (AvgIpc) is 3.40. The van der Waals surface area contributed by atoms with Crippen molar-refractivity contribution in [2.45, 2.75) is 118 Å². The van der Waals surface area contributed by atoms with Gasteiger partial charge in [-0.15, -0.1) is 0 Å². The molecule has 364 valence electrons. The summed E-state index contributed by atoms with van der Waals surface area (Å²) in [5, 5.41) is 0. The molecule has 5 aliphatic rings. The lowest BCUT2D eigenvalue weighted by atomic mass is 9.78. The van der Waals surface area contributed by atoms with E-state index in [-0.39, 0.29) is 6.04 Å². The molecule has 5 aliphatic carbocycles. The van der Waals surface area contributed by atoms with Gasteiger partial charge in [0, 0.05) is 41.1 Å². The maximum Gasteiger partial charge on any atom is 0.0987 e. The fraction of sp³-hybridized carbons (Fsp3) is 0.324. The second kappa shape index (κ2) is 22.7. The summed E-state index contributed by atoms with van der Waals surface area (Å²) in [5.74, 6) is 2.61. The van der Waals surface area contributed by atoms with Gasteiger partial charge in [0.05, 0.1) is 18.9 Å². The Morgan fingerprint density at radius 3 is 2.11 bits per heavy atom. The number of methoxy groups -OCH3 is 1. The van der Waals surface area contributed by atoms with Crippen molar-refractivity contribution in [1.82, 2.24) is 0 Å². The Bertz CT molecular complexity index is 2920. The molecule has 9 rings (SSSR count). The van der Waals surface area contributed by atoms with E-state index in [1.165, 1.54) is 84.0 Å². The number of anilines is 3. The van der Waals surface area contributed by atoms with Gasteiger partial charge in [-0.05, 0) is 182 Å². The number of aryl methyl sites for hydroxylation is 4. The van der Waals surface area contributed by atoms with Crippen LogP contribution in [-0.2, 0) is 11.2 Å². The van der Waals surface area contributed by atoms with Gasteiger partial charge >= 0.3 is 0 Å². The van der Waals surface area contributed by atoms with E-state index in [1.54, 1.807) is 12.7 Å². The fourth-order valence-electron chi connectivity index (χ4n) is 11.6. The van der Waals surface area contributed by atoms with Crippen LogP contribution in [0.2, 0.25) is 0 Å². The molecule has 0 bridgehead atoms. The van der Waals surface area contributed by atoms with Crippen molar-refractivity contribution in [3.63, 3.8) is 0 Å². The lowest BCUT2D eigenvalue weighted by molar-refractivity contribution is 0.272. The molecule has 0 spiro atoms. The first kappa shape index (κ1) is 49.4. The van der Waals surface area contributed by atoms with Crippen LogP contribution in [0.15, 0.2) is 198 Å². The monoisotopic (exact) mass is 937 g/mol. The van der Waals surface area contributed by atoms with Gasteiger partial charge in [-0.1, -0.05) is 172 Å². The number of para-hydroxylation sites is 1. The number of nitrogens with zero attached hydrogens (tertiary/aromatic N) is 2. The molecule has 0 saturated carbocycles. The van der Waals surface area contributed by atoms with Gasteiger partial charge in [0.1, 0.15) is 0 Å². The summed E-state index contributed by atoms with van der Waals surface area (Å²) < 4.78 is 5.57. The first-order valence-electron chi connectivity index (χ1n) is 26.7. The summed E-state index contributed by atoms with van der Waals surface area (Å²) in [4.78, 5) is 5.31. The van der Waals surface area contributed by atoms with Crippen LogP contribution in [-0.4, -0.2) is 19.2 Å². The maximum absolute atomic E-state index is 5.57. The number of benzene rings is 4. The minimum atomic E-state index is 0.215. The molecule has 0 radical (unpaired) electrons. The van der Waals surface area contributed by atoms with E-state index in [0.717, 1.165) is 63.5 Å². The lowest BCUT2D eigenvalue weighted by Crippen LogP contribution is -2.45. The number of ether oxygens (including phenoxy) is 1. The Balaban J connectivity index is 0.903. The molecule has 4 aromatic rings. The van der Waals surface area contributed by atoms with E-state index in [9.17, 15) is 0 Å². The first-order chi connectivity index (χ1) is 34.6. The fourth-order valence-corrected chi connectivity index (χ4v) is 11.6. The predicted octanol–water partition coefficient (Wildman–Crippen LogP) is 18.0. The van der Waals surface area contributed by atoms with E-state index in [0.29, 0.717) is 23.8 Å². The SMILES string of the molecule is CCc1cccc(C)c1N(c1ccc(C2=CCC(C3=CC=C(N(c4ccc(/C=C/C5=CC(C)=C(OC)CC5)cc4)C4C(C)CC=CC4CC)CC3)C=C2)cc1)C1C=CC(/C=C/c2ccc(C)c(C)c2)=CC1. The lowest BCUT2D eigenvalue weighted by Gasteiger charge is -2.44. The van der Waals surface area contributed by atoms with Crippen molar-refractivity contribution in [1.29, 1.82) is 0 Å². The van der Waals surface area contributed by atoms with Crippen molar-refractivity contribution in [3.05, 3.63) is 237 Å². The summed E-state index contributed by atoms with van der Waals surface area (Å²) in [6.07, 6.45) is 44.9. The molecule has 0 N–H and O–H groups in total. The van der Waals surface area contributed by atoms with Crippen molar-refractivity contribution < 1.29 is 4.74 Å². The molecule has 0 fully saturated rings. The van der Waals surface area contributed by atoms with Crippen LogP contribution in [0.1, 0.15) is 118 Å². The van der Waals surface area contributed by atoms with Gasteiger partial charge in [-0.2, -0.15) is 0 Å². The molecule has 0 saturated heterocycles. The zero-order valence-electron chi connectivity index (χ0n) is 43.8. The quantitative estimate of drug-likeness (QED) is 0.110. The van der Waals surface area contributed by atoms with E-state index >= 15 is 0 Å². The first-order valence-corrected chi connectivity index (χ1v) is 26.7. The molecule has 3 heteroatoms. The average molecular weight is 937 g/mol. The minimum Gasteiger partial charge on any atom is -0.501 e. The van der Waals surface area contributed by atoms with Gasteiger partial charge in [-0.25, -0.2) is 0 Å². The highest BCUT2D eigenvalue weighted by Crippen LogP contribution is 2.42. The zero-order chi connectivity index (χ0) is 49.4. The van der Waals surface area contributed by atoms with Crippen molar-refractivity contribution >= 4 is 34.8 Å². The maximum atomic E-state index is 5.57. The largest absolute Gasteiger partial charge is 0.501 e. The van der Waals surface area contributed by atoms with E-state index in [2.05, 4.69) is 234 Å². The van der Waals surface area contributed by atoms with Crippen molar-refractivity contribution in [2.24, 2.45) is 17.8 Å². The summed E-state index contributed by atoms with van der Waals surface area (Å²) in [7, 11) is 1.78. The Morgan fingerprint density at radius 1 is 0.662 bits per heavy atom. The van der Waals surface area contributed by atoms with Gasteiger partial charge in [0.15, 0.2) is 0 Å². The van der Waals surface area contributed by atoms with E-state index in [4.69, 9.17) is 4.74 Å². The highest BCUT2D eigenvalue weighted by atomic mass is 16.5. The summed E-state index contributed by atoms with van der Waals surface area (Å²) in [6, 6.07) is 32.8. The van der Waals surface area contributed by atoms with Crippen LogP contribution in [0.3, 0.4) is 0 Å². The zero-order valence-corrected chi connectivity index (χ0v) is 43.8. The Kier molecular flexibility index (Phi) is 15.8. The van der Waals surface area contributed by atoms with E-state index in [1.807, 2.05) is 0 Å². The highest BCUT2D eigenvalue weighted by Gasteiger charge is 2.35. The van der Waals surface area contributed by atoms with Gasteiger partial charge in [0.2, 0.25) is 0 Å². The molecule has 4 aromatic carbocycles. The molecular formula is C68H76N2O. The van der Waals surface area contributed by atoms with Crippen LogP contribution in [0.25, 0.3) is 17.7 Å². The summed E-state index contributed by atoms with van der Waals surface area (Å²) in [5.41, 5.74) is 21.1. The molecular weight excluding hydrogens is 861 g/mol. The Morgan fingerprint density at radius 2 is 1.44 bits per heavy atom. The third kappa shape index (κ3) is 11.3. The number of rotatable bonds is 15. The highest BCUT2D eigenvalue weighted by molar-refractivity contribution is 5.78. The third-order valence-electron chi connectivity index (χ3n) is 16.0. The minimum absolute atomic E-state index is 0.215. The van der Waals surface area contributed by atoms with Gasteiger partial charge < -0.3 is 14.5 Å². The third-order valence-corrected chi connectivity index (χ3v) is 16.0. The smallest absolute Gasteiger partial charge is 0.0987 e. The van der Waals surface area contributed by atoms with Crippen LogP contribution in [0.4, 0.5) is 17.1 Å². The van der Waals surface area contributed by atoms with Crippen LogP contribution >= 0.6 is 0 Å². The Hall–Kier alpha value is -6.58. The second-order valence-electron chi connectivity index (χ2n) is 20.7. The molecule has 0 amide bonds. The number of hydrogen-bond acceptors (Lipinski definition) is 3. The topological polar surface area (TPSA) is 15.7 Å².